The highest BCUT2D eigenvalue weighted by molar-refractivity contribution is 7.14. The lowest BCUT2D eigenvalue weighted by Crippen LogP contribution is -2.13. The van der Waals surface area contributed by atoms with E-state index in [0.29, 0.717) is 5.02 Å². The van der Waals surface area contributed by atoms with Gasteiger partial charge in [-0.05, 0) is 37.3 Å². The molecule has 0 aliphatic heterocycles. The number of benzene rings is 1. The fraction of sp³-hybridized carbons (Fsp3) is 0.0833. The second-order valence-corrected chi connectivity index (χ2v) is 5.51. The molecule has 0 aliphatic rings. The number of aromatic amines is 1. The molecule has 0 saturated carbocycles. The van der Waals surface area contributed by atoms with Gasteiger partial charge < -0.3 is 4.98 Å². The summed E-state index contributed by atoms with van der Waals surface area (Å²) in [5.41, 5.74) is 1.47. The molecule has 0 spiro atoms. The predicted molar refractivity (Wildman–Crippen MR) is 71.5 cm³/mol. The smallest absolute Gasteiger partial charge is 0.305 e. The van der Waals surface area contributed by atoms with Crippen LogP contribution in [0.15, 0.2) is 35.1 Å². The van der Waals surface area contributed by atoms with E-state index in [-0.39, 0.29) is 5.69 Å². The number of nitrogens with one attached hydrogen (secondary N) is 1. The minimum absolute atomic E-state index is 0.135. The van der Waals surface area contributed by atoms with Crippen molar-refractivity contribution < 1.29 is 0 Å². The minimum Gasteiger partial charge on any atom is -0.305 e. The maximum atomic E-state index is 11.9. The molecule has 0 unspecified atom stereocenters. The molecular formula is C12H9ClN2OS. The summed E-state index contributed by atoms with van der Waals surface area (Å²) in [6, 6.07) is 9.35. The van der Waals surface area contributed by atoms with Gasteiger partial charge in [0, 0.05) is 9.90 Å². The number of rotatable bonds is 1. The Morgan fingerprint density at radius 1 is 1.29 bits per heavy atom. The molecule has 2 heterocycles. The van der Waals surface area contributed by atoms with Crippen molar-refractivity contribution in [3.63, 3.8) is 0 Å². The maximum Gasteiger partial charge on any atom is 0.331 e. The van der Waals surface area contributed by atoms with Gasteiger partial charge in [-0.25, -0.2) is 4.79 Å². The molecule has 5 heteroatoms. The Hall–Kier alpha value is -1.52. The molecule has 1 aromatic carbocycles. The third-order valence-electron chi connectivity index (χ3n) is 2.59. The summed E-state index contributed by atoms with van der Waals surface area (Å²) in [5, 5.41) is 1.54. The Bertz CT molecular complexity index is 753. The van der Waals surface area contributed by atoms with Crippen molar-refractivity contribution in [1.82, 2.24) is 9.55 Å². The highest BCUT2D eigenvalue weighted by atomic mass is 35.5. The Kier molecular flexibility index (Phi) is 2.34. The van der Waals surface area contributed by atoms with Crippen LogP contribution in [-0.4, -0.2) is 9.55 Å². The number of fused-ring (bicyclic) bond motifs is 1. The minimum atomic E-state index is -0.135. The third-order valence-corrected chi connectivity index (χ3v) is 3.81. The summed E-state index contributed by atoms with van der Waals surface area (Å²) in [7, 11) is 0. The molecule has 1 N–H and O–H groups in total. The van der Waals surface area contributed by atoms with Gasteiger partial charge in [-0.3, -0.25) is 4.57 Å². The van der Waals surface area contributed by atoms with E-state index in [1.54, 1.807) is 28.0 Å². The van der Waals surface area contributed by atoms with Crippen LogP contribution in [0, 0.1) is 6.92 Å². The van der Waals surface area contributed by atoms with Crippen molar-refractivity contribution in [2.24, 2.45) is 0 Å². The first-order valence-corrected chi connectivity index (χ1v) is 6.32. The Morgan fingerprint density at radius 3 is 2.82 bits per heavy atom. The molecule has 17 heavy (non-hydrogen) atoms. The van der Waals surface area contributed by atoms with E-state index in [4.69, 9.17) is 11.6 Å². The molecule has 0 saturated heterocycles. The predicted octanol–water partition coefficient (Wildman–Crippen LogP) is 3.34. The van der Waals surface area contributed by atoms with Gasteiger partial charge in [-0.2, -0.15) is 0 Å². The highest BCUT2D eigenvalue weighted by Crippen LogP contribution is 2.23. The van der Waals surface area contributed by atoms with Crippen molar-refractivity contribution in [3.8, 4) is 5.00 Å². The van der Waals surface area contributed by atoms with Gasteiger partial charge >= 0.3 is 5.69 Å². The van der Waals surface area contributed by atoms with Gasteiger partial charge in [-0.1, -0.05) is 11.6 Å². The number of halogens is 1. The Morgan fingerprint density at radius 2 is 2.12 bits per heavy atom. The van der Waals surface area contributed by atoms with E-state index in [1.165, 1.54) is 4.88 Å². The highest BCUT2D eigenvalue weighted by Gasteiger charge is 2.10. The van der Waals surface area contributed by atoms with Gasteiger partial charge in [0.2, 0.25) is 0 Å². The van der Waals surface area contributed by atoms with Crippen LogP contribution in [0.3, 0.4) is 0 Å². The Balaban J connectivity index is 2.36. The number of hydrogen-bond acceptors (Lipinski definition) is 2. The van der Waals surface area contributed by atoms with E-state index in [2.05, 4.69) is 4.98 Å². The number of imidazole rings is 1. The summed E-state index contributed by atoms with van der Waals surface area (Å²) in [5.74, 6) is 0. The average molecular weight is 265 g/mol. The molecule has 0 atom stereocenters. The van der Waals surface area contributed by atoms with Crippen LogP contribution in [0.4, 0.5) is 0 Å². The molecular weight excluding hydrogens is 256 g/mol. The van der Waals surface area contributed by atoms with E-state index >= 15 is 0 Å². The van der Waals surface area contributed by atoms with Gasteiger partial charge in [0.05, 0.1) is 11.0 Å². The van der Waals surface area contributed by atoms with Gasteiger partial charge in [0.15, 0.2) is 0 Å². The van der Waals surface area contributed by atoms with Crippen molar-refractivity contribution in [1.29, 1.82) is 0 Å². The van der Waals surface area contributed by atoms with Crippen LogP contribution in [0.1, 0.15) is 4.88 Å². The fourth-order valence-electron chi connectivity index (χ4n) is 1.84. The normalized spacial score (nSPS) is 11.2. The topological polar surface area (TPSA) is 37.8 Å². The average Bonchev–Trinajstić information content (AvgIpc) is 2.80. The summed E-state index contributed by atoms with van der Waals surface area (Å²) < 4.78 is 1.67. The van der Waals surface area contributed by atoms with Crippen LogP contribution in [-0.2, 0) is 0 Å². The lowest BCUT2D eigenvalue weighted by Gasteiger charge is -1.98. The largest absolute Gasteiger partial charge is 0.331 e. The molecule has 0 fully saturated rings. The molecule has 0 amide bonds. The standard InChI is InChI=1S/C12H9ClN2OS/c1-7-2-5-11(17-7)15-10-4-3-8(13)6-9(10)14-12(15)16/h2-6H,1H3,(H,14,16). The summed E-state index contributed by atoms with van der Waals surface area (Å²) in [6.07, 6.45) is 0. The number of aryl methyl sites for hydroxylation is 1. The van der Waals surface area contributed by atoms with E-state index in [9.17, 15) is 4.79 Å². The first-order chi connectivity index (χ1) is 8.15. The molecule has 86 valence electrons. The molecule has 0 radical (unpaired) electrons. The first-order valence-electron chi connectivity index (χ1n) is 5.12. The van der Waals surface area contributed by atoms with Crippen molar-refractivity contribution in [3.05, 3.63) is 50.7 Å². The van der Waals surface area contributed by atoms with E-state index in [0.717, 1.165) is 16.0 Å². The van der Waals surface area contributed by atoms with Crippen LogP contribution >= 0.6 is 22.9 Å². The fourth-order valence-corrected chi connectivity index (χ4v) is 2.89. The second kappa shape index (κ2) is 3.75. The zero-order valence-electron chi connectivity index (χ0n) is 9.03. The van der Waals surface area contributed by atoms with E-state index < -0.39 is 0 Å². The number of aromatic nitrogens is 2. The van der Waals surface area contributed by atoms with Crippen LogP contribution in [0.25, 0.3) is 16.0 Å². The third kappa shape index (κ3) is 1.69. The quantitative estimate of drug-likeness (QED) is 0.719. The maximum absolute atomic E-state index is 11.9. The molecule has 2 aromatic heterocycles. The SMILES string of the molecule is Cc1ccc(-n2c(=O)[nH]c3cc(Cl)ccc32)s1. The lowest BCUT2D eigenvalue weighted by atomic mass is 10.3. The van der Waals surface area contributed by atoms with Crippen LogP contribution < -0.4 is 5.69 Å². The zero-order valence-corrected chi connectivity index (χ0v) is 10.6. The molecule has 0 bridgehead atoms. The Labute approximate surface area is 106 Å². The summed E-state index contributed by atoms with van der Waals surface area (Å²) in [4.78, 5) is 15.9. The second-order valence-electron chi connectivity index (χ2n) is 3.81. The number of hydrogen-bond donors (Lipinski definition) is 1. The summed E-state index contributed by atoms with van der Waals surface area (Å²) >= 11 is 7.49. The summed E-state index contributed by atoms with van der Waals surface area (Å²) in [6.45, 7) is 2.02. The van der Waals surface area contributed by atoms with Crippen molar-refractivity contribution in [2.75, 3.05) is 0 Å². The zero-order chi connectivity index (χ0) is 12.0. The molecule has 3 rings (SSSR count). The molecule has 0 aliphatic carbocycles. The lowest BCUT2D eigenvalue weighted by molar-refractivity contribution is 1.04. The van der Waals surface area contributed by atoms with Gasteiger partial charge in [0.25, 0.3) is 0 Å². The number of nitrogens with zero attached hydrogens (tertiary/aromatic N) is 1. The first kappa shape index (κ1) is 10.6. The van der Waals surface area contributed by atoms with Crippen molar-refractivity contribution in [2.45, 2.75) is 6.92 Å². The monoisotopic (exact) mass is 264 g/mol. The molecule has 3 aromatic rings. The number of H-pyrrole nitrogens is 1. The number of thiophene rings is 1. The molecule has 3 nitrogen and oxygen atoms in total. The van der Waals surface area contributed by atoms with Crippen molar-refractivity contribution >= 4 is 34.0 Å². The van der Waals surface area contributed by atoms with Crippen LogP contribution in [0.2, 0.25) is 5.02 Å². The van der Waals surface area contributed by atoms with Gasteiger partial charge in [-0.15, -0.1) is 11.3 Å². The van der Waals surface area contributed by atoms with Crippen LogP contribution in [0.5, 0.6) is 0 Å². The van der Waals surface area contributed by atoms with Gasteiger partial charge in [0.1, 0.15) is 5.00 Å². The van der Waals surface area contributed by atoms with E-state index in [1.807, 2.05) is 25.1 Å².